The molecule has 2 heterocycles. The van der Waals surface area contributed by atoms with Gasteiger partial charge in [-0.25, -0.2) is 19.2 Å². The number of rotatable bonds is 11. The molecular weight excluding hydrogens is 654 g/mol. The topological polar surface area (TPSA) is 209 Å². The molecule has 1 aromatic heterocycles. The molecule has 46 heavy (non-hydrogen) atoms. The Balaban J connectivity index is 0.000000376. The normalized spacial score (nSPS) is 13.3. The van der Waals surface area contributed by atoms with Crippen LogP contribution in [0.2, 0.25) is 10.0 Å². The van der Waals surface area contributed by atoms with E-state index >= 15 is 0 Å². The van der Waals surface area contributed by atoms with Crippen molar-refractivity contribution >= 4 is 69.4 Å². The van der Waals surface area contributed by atoms with Crippen LogP contribution >= 0.6 is 23.2 Å². The fraction of sp³-hybridized carbons (Fsp3) is 0.310. The summed E-state index contributed by atoms with van der Waals surface area (Å²) in [5, 5.41) is 37.3. The molecule has 1 aliphatic heterocycles. The minimum absolute atomic E-state index is 0.0841. The second kappa shape index (κ2) is 15.5. The van der Waals surface area contributed by atoms with E-state index in [1.165, 1.54) is 24.5 Å². The van der Waals surface area contributed by atoms with Crippen molar-refractivity contribution in [3.05, 3.63) is 59.1 Å². The Morgan fingerprint density at radius 2 is 1.72 bits per heavy atom. The number of aliphatic carboxylic acids is 3. The number of piperidine rings is 1. The molecule has 0 atom stereocenters. The number of carbonyl (C=O) groups is 4. The van der Waals surface area contributed by atoms with Crippen molar-refractivity contribution in [3.63, 3.8) is 0 Å². The molecule has 14 nitrogen and oxygen atoms in total. The molecule has 1 aliphatic rings. The molecule has 0 unspecified atom stereocenters. The summed E-state index contributed by atoms with van der Waals surface area (Å²) in [6, 6.07) is 6.47. The summed E-state index contributed by atoms with van der Waals surface area (Å²) >= 11 is 11.8. The fourth-order valence-electron chi connectivity index (χ4n) is 4.38. The highest BCUT2D eigenvalue weighted by atomic mass is 35.5. The molecule has 0 radical (unpaired) electrons. The lowest BCUT2D eigenvalue weighted by molar-refractivity contribution is -0.170. The van der Waals surface area contributed by atoms with E-state index in [0.717, 1.165) is 0 Å². The van der Waals surface area contributed by atoms with Crippen LogP contribution in [0.15, 0.2) is 43.2 Å². The zero-order valence-corrected chi connectivity index (χ0v) is 25.7. The molecule has 3 aromatic rings. The molecule has 0 spiro atoms. The van der Waals surface area contributed by atoms with Crippen molar-refractivity contribution in [2.45, 2.75) is 37.4 Å². The third-order valence-electron chi connectivity index (χ3n) is 6.72. The number of halogens is 3. The van der Waals surface area contributed by atoms with E-state index in [2.05, 4.69) is 21.9 Å². The van der Waals surface area contributed by atoms with Gasteiger partial charge in [0.25, 0.3) is 0 Å². The van der Waals surface area contributed by atoms with Gasteiger partial charge in [0.05, 0.1) is 41.2 Å². The van der Waals surface area contributed by atoms with E-state index in [1.807, 2.05) is 0 Å². The molecule has 0 aliphatic carbocycles. The van der Waals surface area contributed by atoms with Gasteiger partial charge in [-0.3, -0.25) is 14.4 Å². The summed E-state index contributed by atoms with van der Waals surface area (Å²) in [5.74, 6) is -4.39. The maximum Gasteiger partial charge on any atom is 0.336 e. The van der Waals surface area contributed by atoms with E-state index in [-0.39, 0.29) is 27.7 Å². The van der Waals surface area contributed by atoms with Crippen molar-refractivity contribution in [2.75, 3.05) is 25.5 Å². The van der Waals surface area contributed by atoms with Crippen molar-refractivity contribution in [3.8, 4) is 11.5 Å². The van der Waals surface area contributed by atoms with Gasteiger partial charge in [0.1, 0.15) is 18.2 Å². The zero-order valence-electron chi connectivity index (χ0n) is 24.2. The predicted molar refractivity (Wildman–Crippen MR) is 163 cm³/mol. The number of fused-ring (bicyclic) bond motifs is 1. The lowest BCUT2D eigenvalue weighted by atomic mass is 9.96. The van der Waals surface area contributed by atoms with Gasteiger partial charge in [-0.1, -0.05) is 29.8 Å². The van der Waals surface area contributed by atoms with Crippen molar-refractivity contribution in [1.29, 1.82) is 0 Å². The Labute approximate surface area is 271 Å². The number of aromatic nitrogens is 2. The van der Waals surface area contributed by atoms with Gasteiger partial charge in [-0.15, -0.1) is 0 Å². The van der Waals surface area contributed by atoms with Crippen molar-refractivity contribution in [2.24, 2.45) is 0 Å². The maximum atomic E-state index is 14.6. The number of nitrogens with one attached hydrogen (secondary N) is 1. The molecule has 1 saturated heterocycles. The fourth-order valence-corrected chi connectivity index (χ4v) is 4.69. The number of hydrogen-bond acceptors (Lipinski definition) is 10. The summed E-state index contributed by atoms with van der Waals surface area (Å²) in [6.07, 6.45) is 1.64. The first-order valence-corrected chi connectivity index (χ1v) is 14.1. The summed E-state index contributed by atoms with van der Waals surface area (Å²) in [4.78, 5) is 52.6. The number of carboxylic acid groups (broad SMARTS) is 3. The highest BCUT2D eigenvalue weighted by molar-refractivity contribution is 6.42. The quantitative estimate of drug-likeness (QED) is 0.142. The number of carbonyl (C=O) groups excluding carboxylic acids is 1. The van der Waals surface area contributed by atoms with Gasteiger partial charge in [0, 0.05) is 37.4 Å². The van der Waals surface area contributed by atoms with Crippen LogP contribution in [-0.2, 0) is 19.2 Å². The van der Waals surface area contributed by atoms with Crippen LogP contribution in [0.1, 0.15) is 25.7 Å². The number of likely N-dealkylation sites (tertiary alicyclic amines) is 1. The molecule has 17 heteroatoms. The molecular formula is C29H29Cl2FN4O10. The van der Waals surface area contributed by atoms with E-state index < -0.39 is 42.2 Å². The van der Waals surface area contributed by atoms with Gasteiger partial charge in [-0.2, -0.15) is 0 Å². The summed E-state index contributed by atoms with van der Waals surface area (Å²) in [7, 11) is 1.55. The Kier molecular flexibility index (Phi) is 12.1. The van der Waals surface area contributed by atoms with Gasteiger partial charge in [0.2, 0.25) is 5.91 Å². The number of ether oxygens (including phenoxy) is 2. The Morgan fingerprint density at radius 1 is 1.09 bits per heavy atom. The Hall–Kier alpha value is -4.73. The molecule has 1 amide bonds. The zero-order chi connectivity index (χ0) is 34.2. The van der Waals surface area contributed by atoms with E-state index in [1.54, 1.807) is 24.1 Å². The van der Waals surface area contributed by atoms with E-state index in [4.69, 9.17) is 53.1 Å². The van der Waals surface area contributed by atoms with E-state index in [9.17, 15) is 23.6 Å². The van der Waals surface area contributed by atoms with Crippen LogP contribution in [0.25, 0.3) is 10.9 Å². The number of benzene rings is 2. The molecule has 246 valence electrons. The smallest absolute Gasteiger partial charge is 0.336 e. The van der Waals surface area contributed by atoms with Crippen LogP contribution in [0.3, 0.4) is 0 Å². The summed E-state index contributed by atoms with van der Waals surface area (Å²) in [5.41, 5.74) is -2.02. The van der Waals surface area contributed by atoms with E-state index in [0.29, 0.717) is 54.2 Å². The lowest BCUT2D eigenvalue weighted by Gasteiger charge is -2.31. The average molecular weight is 683 g/mol. The molecule has 0 bridgehead atoms. The first-order chi connectivity index (χ1) is 21.7. The third kappa shape index (κ3) is 8.93. The number of carboxylic acids is 3. The number of methoxy groups -OCH3 is 1. The molecule has 4 rings (SSSR count). The van der Waals surface area contributed by atoms with Crippen LogP contribution in [0.5, 0.6) is 11.5 Å². The Bertz CT molecular complexity index is 1630. The average Bonchev–Trinajstić information content (AvgIpc) is 3.00. The van der Waals surface area contributed by atoms with Crippen LogP contribution < -0.4 is 14.8 Å². The molecule has 5 N–H and O–H groups in total. The third-order valence-corrected chi connectivity index (χ3v) is 7.50. The van der Waals surface area contributed by atoms with Gasteiger partial charge in [0.15, 0.2) is 22.9 Å². The second-order valence-electron chi connectivity index (χ2n) is 9.91. The summed E-state index contributed by atoms with van der Waals surface area (Å²) in [6.45, 7) is 4.70. The molecule has 2 aromatic carbocycles. The monoisotopic (exact) mass is 682 g/mol. The van der Waals surface area contributed by atoms with Crippen LogP contribution in [0, 0.1) is 5.82 Å². The van der Waals surface area contributed by atoms with Gasteiger partial charge in [-0.05, 0) is 24.3 Å². The van der Waals surface area contributed by atoms with Crippen LogP contribution in [0.4, 0.5) is 15.9 Å². The lowest BCUT2D eigenvalue weighted by Crippen LogP contribution is -2.42. The second-order valence-corrected chi connectivity index (χ2v) is 10.7. The highest BCUT2D eigenvalue weighted by Crippen LogP contribution is 2.37. The van der Waals surface area contributed by atoms with Crippen LogP contribution in [-0.4, -0.2) is 91.0 Å². The number of nitrogens with zero attached hydrogens (tertiary/aromatic N) is 3. The molecule has 1 fully saturated rings. The minimum Gasteiger partial charge on any atom is -0.493 e. The number of amides is 1. The number of aliphatic hydroxyl groups is 1. The first-order valence-electron chi connectivity index (χ1n) is 13.4. The Morgan fingerprint density at radius 3 is 2.26 bits per heavy atom. The standard InChI is InChI=1S/C23H21Cl2FN4O3.C6H8O7/c1-3-20(31)30-8-6-13(7-9-30)33-19-10-14-17(11-18(19)32-2)27-12-28-23(14)29-16-5-4-15(24)21(25)22(16)26;7-3(8)1-6(13,5(11)12)2-4(9)10/h3-5,10-13H,1,6-9H2,2H3,(H,27,28,29);13H,1-2H2,(H,7,8)(H,9,10)(H,11,12). The van der Waals surface area contributed by atoms with Gasteiger partial charge >= 0.3 is 17.9 Å². The van der Waals surface area contributed by atoms with Gasteiger partial charge < -0.3 is 40.1 Å². The SMILES string of the molecule is C=CC(=O)N1CCC(Oc2cc3c(Nc4ccc(Cl)c(Cl)c4F)ncnc3cc2OC)CC1.O=C(O)CC(O)(CC(=O)O)C(=O)O. The minimum atomic E-state index is -2.74. The maximum absolute atomic E-state index is 14.6. The first kappa shape index (κ1) is 35.7. The summed E-state index contributed by atoms with van der Waals surface area (Å²) < 4.78 is 26.3. The number of anilines is 2. The number of hydrogen-bond donors (Lipinski definition) is 5. The van der Waals surface area contributed by atoms with Crippen molar-refractivity contribution in [1.82, 2.24) is 14.9 Å². The van der Waals surface area contributed by atoms with Crippen molar-refractivity contribution < 1.29 is 53.5 Å². The highest BCUT2D eigenvalue weighted by Gasteiger charge is 2.40. The largest absolute Gasteiger partial charge is 0.493 e. The predicted octanol–water partition coefficient (Wildman–Crippen LogP) is 4.14. The molecule has 0 saturated carbocycles.